The van der Waals surface area contributed by atoms with Crippen LogP contribution in [0.25, 0.3) is 0 Å². The Morgan fingerprint density at radius 1 is 1.29 bits per heavy atom. The van der Waals surface area contributed by atoms with E-state index < -0.39 is 0 Å². The number of hydrogen-bond donors (Lipinski definition) is 0. The predicted octanol–water partition coefficient (Wildman–Crippen LogP) is 4.47. The minimum atomic E-state index is 0.714. The summed E-state index contributed by atoms with van der Waals surface area (Å²) in [6, 6.07) is 0. The van der Waals surface area contributed by atoms with E-state index in [1.807, 2.05) is 0 Å². The molecule has 0 aliphatic heterocycles. The molecule has 0 bridgehead atoms. The minimum absolute atomic E-state index is 0.714. The second-order valence-corrected chi connectivity index (χ2v) is 6.16. The van der Waals surface area contributed by atoms with Gasteiger partial charge in [0.05, 0.1) is 0 Å². The molecule has 0 aromatic rings. The predicted molar refractivity (Wildman–Crippen MR) is 62.7 cm³/mol. The zero-order valence-corrected chi connectivity index (χ0v) is 10.3. The van der Waals surface area contributed by atoms with Crippen molar-refractivity contribution in [3.05, 3.63) is 0 Å². The van der Waals surface area contributed by atoms with Crippen LogP contribution in [0.15, 0.2) is 0 Å². The van der Waals surface area contributed by atoms with E-state index in [4.69, 9.17) is 11.6 Å². The van der Waals surface area contributed by atoms with Gasteiger partial charge in [-0.2, -0.15) is 0 Å². The van der Waals surface area contributed by atoms with Crippen LogP contribution in [-0.2, 0) is 0 Å². The molecular formula is C13H23Cl. The number of halogens is 1. The van der Waals surface area contributed by atoms with Crippen molar-refractivity contribution in [2.75, 3.05) is 5.88 Å². The van der Waals surface area contributed by atoms with Gasteiger partial charge in [0, 0.05) is 5.88 Å². The van der Waals surface area contributed by atoms with Crippen LogP contribution in [0.3, 0.4) is 0 Å². The summed E-state index contributed by atoms with van der Waals surface area (Å²) in [6.45, 7) is 4.77. The molecule has 2 saturated carbocycles. The molecule has 0 saturated heterocycles. The van der Waals surface area contributed by atoms with Crippen LogP contribution < -0.4 is 0 Å². The van der Waals surface area contributed by atoms with E-state index in [0.717, 1.165) is 23.6 Å². The smallest absolute Gasteiger partial charge is 0.0257 e. The molecule has 0 aromatic heterocycles. The van der Waals surface area contributed by atoms with Gasteiger partial charge in [0.1, 0.15) is 0 Å². The Labute approximate surface area is 93.4 Å². The molecule has 3 atom stereocenters. The molecule has 0 nitrogen and oxygen atoms in total. The second-order valence-electron chi connectivity index (χ2n) is 5.85. The van der Waals surface area contributed by atoms with Crippen LogP contribution in [-0.4, -0.2) is 5.88 Å². The highest BCUT2D eigenvalue weighted by Crippen LogP contribution is 2.61. The fourth-order valence-electron chi connectivity index (χ4n) is 3.39. The van der Waals surface area contributed by atoms with Gasteiger partial charge >= 0.3 is 0 Å². The maximum absolute atomic E-state index is 5.97. The Morgan fingerprint density at radius 3 is 2.64 bits per heavy atom. The van der Waals surface area contributed by atoms with Gasteiger partial charge in [0.2, 0.25) is 0 Å². The van der Waals surface area contributed by atoms with Gasteiger partial charge in [-0.1, -0.05) is 26.7 Å². The maximum atomic E-state index is 5.97. The van der Waals surface area contributed by atoms with Gasteiger partial charge in [-0.05, 0) is 48.9 Å². The highest BCUT2D eigenvalue weighted by molar-refractivity contribution is 6.18. The average molecular weight is 215 g/mol. The van der Waals surface area contributed by atoms with E-state index in [1.165, 1.54) is 38.5 Å². The SMILES string of the molecule is CC(C)C1CCCC2(CC1)CC2CCl. The lowest BCUT2D eigenvalue weighted by molar-refractivity contribution is 0.329. The van der Waals surface area contributed by atoms with E-state index in [-0.39, 0.29) is 0 Å². The highest BCUT2D eigenvalue weighted by atomic mass is 35.5. The number of alkyl halides is 1. The summed E-state index contributed by atoms with van der Waals surface area (Å²) in [5.41, 5.74) is 0.714. The van der Waals surface area contributed by atoms with Gasteiger partial charge in [0.25, 0.3) is 0 Å². The summed E-state index contributed by atoms with van der Waals surface area (Å²) in [4.78, 5) is 0. The monoisotopic (exact) mass is 214 g/mol. The molecule has 0 heterocycles. The van der Waals surface area contributed by atoms with Gasteiger partial charge in [-0.25, -0.2) is 0 Å². The molecule has 2 aliphatic carbocycles. The van der Waals surface area contributed by atoms with Crippen LogP contribution in [0.2, 0.25) is 0 Å². The fraction of sp³-hybridized carbons (Fsp3) is 1.00. The topological polar surface area (TPSA) is 0 Å². The summed E-state index contributed by atoms with van der Waals surface area (Å²) in [5, 5.41) is 0. The molecule has 2 aliphatic rings. The molecule has 14 heavy (non-hydrogen) atoms. The van der Waals surface area contributed by atoms with Crippen molar-refractivity contribution in [1.29, 1.82) is 0 Å². The van der Waals surface area contributed by atoms with E-state index >= 15 is 0 Å². The average Bonchev–Trinajstić information content (AvgIpc) is 2.89. The normalized spacial score (nSPS) is 42.9. The summed E-state index contributed by atoms with van der Waals surface area (Å²) in [5.74, 6) is 3.66. The van der Waals surface area contributed by atoms with Crippen LogP contribution in [0.1, 0.15) is 52.4 Å². The minimum Gasteiger partial charge on any atom is -0.126 e. The summed E-state index contributed by atoms with van der Waals surface area (Å²) < 4.78 is 0. The lowest BCUT2D eigenvalue weighted by Gasteiger charge is -2.18. The zero-order chi connectivity index (χ0) is 10.2. The van der Waals surface area contributed by atoms with E-state index in [1.54, 1.807) is 0 Å². The molecule has 1 heteroatoms. The molecule has 0 radical (unpaired) electrons. The molecule has 0 N–H and O–H groups in total. The maximum Gasteiger partial charge on any atom is 0.0257 e. The first kappa shape index (κ1) is 10.8. The summed E-state index contributed by atoms with van der Waals surface area (Å²) in [6.07, 6.45) is 8.75. The van der Waals surface area contributed by atoms with Gasteiger partial charge in [0.15, 0.2) is 0 Å². The quantitative estimate of drug-likeness (QED) is 0.596. The van der Waals surface area contributed by atoms with Crippen molar-refractivity contribution < 1.29 is 0 Å². The van der Waals surface area contributed by atoms with Gasteiger partial charge in [-0.15, -0.1) is 11.6 Å². The van der Waals surface area contributed by atoms with E-state index in [0.29, 0.717) is 5.41 Å². The van der Waals surface area contributed by atoms with Gasteiger partial charge in [-0.3, -0.25) is 0 Å². The van der Waals surface area contributed by atoms with Crippen molar-refractivity contribution in [1.82, 2.24) is 0 Å². The summed E-state index contributed by atoms with van der Waals surface area (Å²) in [7, 11) is 0. The Balaban J connectivity index is 1.90. The highest BCUT2D eigenvalue weighted by Gasteiger charge is 2.52. The molecule has 2 fully saturated rings. The first-order valence-corrected chi connectivity index (χ1v) is 6.77. The Hall–Kier alpha value is 0.290. The largest absolute Gasteiger partial charge is 0.126 e. The summed E-state index contributed by atoms with van der Waals surface area (Å²) >= 11 is 5.97. The van der Waals surface area contributed by atoms with E-state index in [2.05, 4.69) is 13.8 Å². The number of rotatable bonds is 2. The zero-order valence-electron chi connectivity index (χ0n) is 9.56. The first-order chi connectivity index (χ1) is 6.68. The molecule has 0 aromatic carbocycles. The number of hydrogen-bond acceptors (Lipinski definition) is 0. The van der Waals surface area contributed by atoms with Gasteiger partial charge < -0.3 is 0 Å². The second kappa shape index (κ2) is 4.04. The molecule has 82 valence electrons. The van der Waals surface area contributed by atoms with Crippen molar-refractivity contribution in [2.24, 2.45) is 23.2 Å². The third kappa shape index (κ3) is 1.96. The molecule has 2 rings (SSSR count). The molecule has 0 amide bonds. The van der Waals surface area contributed by atoms with Crippen molar-refractivity contribution >= 4 is 11.6 Å². The lowest BCUT2D eigenvalue weighted by atomic mass is 9.88. The fourth-order valence-corrected chi connectivity index (χ4v) is 3.82. The lowest BCUT2D eigenvalue weighted by Crippen LogP contribution is -2.08. The molecule has 1 spiro atoms. The van der Waals surface area contributed by atoms with E-state index in [9.17, 15) is 0 Å². The third-order valence-corrected chi connectivity index (χ3v) is 5.12. The van der Waals surface area contributed by atoms with Crippen molar-refractivity contribution in [2.45, 2.75) is 52.4 Å². The molecule has 3 unspecified atom stereocenters. The van der Waals surface area contributed by atoms with Crippen LogP contribution >= 0.6 is 11.6 Å². The standard InChI is InChI=1S/C13H23Cl/c1-10(2)11-4-3-6-13(7-5-11)8-12(13)9-14/h10-12H,3-9H2,1-2H3. The Morgan fingerprint density at radius 2 is 2.07 bits per heavy atom. The van der Waals surface area contributed by atoms with Crippen molar-refractivity contribution in [3.8, 4) is 0 Å². The van der Waals surface area contributed by atoms with Crippen LogP contribution in [0, 0.1) is 23.2 Å². The third-order valence-electron chi connectivity index (χ3n) is 4.75. The molecular weight excluding hydrogens is 192 g/mol. The van der Waals surface area contributed by atoms with Crippen LogP contribution in [0.5, 0.6) is 0 Å². The Bertz CT molecular complexity index is 199. The van der Waals surface area contributed by atoms with Crippen molar-refractivity contribution in [3.63, 3.8) is 0 Å². The Kier molecular flexibility index (Phi) is 3.12. The van der Waals surface area contributed by atoms with Crippen LogP contribution in [0.4, 0.5) is 0 Å². The first-order valence-electron chi connectivity index (χ1n) is 6.24.